The fourth-order valence-electron chi connectivity index (χ4n) is 4.44. The van der Waals surface area contributed by atoms with Crippen LogP contribution in [0.25, 0.3) is 21.1 Å². The van der Waals surface area contributed by atoms with Crippen LogP contribution in [0.15, 0.2) is 77.3 Å². The predicted octanol–water partition coefficient (Wildman–Crippen LogP) is 5.52. The van der Waals surface area contributed by atoms with Crippen molar-refractivity contribution in [2.75, 3.05) is 18.2 Å². The van der Waals surface area contributed by atoms with Crippen molar-refractivity contribution in [2.24, 2.45) is 0 Å². The summed E-state index contributed by atoms with van der Waals surface area (Å²) in [6.07, 6.45) is 1.74. The van der Waals surface area contributed by atoms with E-state index in [1.54, 1.807) is 30.7 Å². The third kappa shape index (κ3) is 3.42. The van der Waals surface area contributed by atoms with Gasteiger partial charge in [0.1, 0.15) is 5.75 Å². The van der Waals surface area contributed by atoms with Crippen LogP contribution < -0.4 is 10.1 Å². The molecule has 1 unspecified atom stereocenters. The Labute approximate surface area is 194 Å². The van der Waals surface area contributed by atoms with Gasteiger partial charge in [-0.25, -0.2) is 13.4 Å². The van der Waals surface area contributed by atoms with Crippen LogP contribution >= 0.6 is 11.3 Å². The molecule has 8 heteroatoms. The lowest BCUT2D eigenvalue weighted by Crippen LogP contribution is -2.04. The molecule has 6 rings (SSSR count). The SMILES string of the molecule is COc1ccc(C2CS(=O)(=O)c3cc4c(Nc5ccc6scnc6c5)ccnc4cc32)cc1. The van der Waals surface area contributed by atoms with Gasteiger partial charge in [0.15, 0.2) is 9.84 Å². The molecule has 1 aliphatic rings. The van der Waals surface area contributed by atoms with Crippen LogP contribution in [0.4, 0.5) is 11.4 Å². The molecule has 5 aromatic rings. The number of rotatable bonds is 4. The summed E-state index contributed by atoms with van der Waals surface area (Å²) < 4.78 is 32.6. The van der Waals surface area contributed by atoms with Gasteiger partial charge in [0.25, 0.3) is 0 Å². The number of nitrogens with one attached hydrogen (secondary N) is 1. The Morgan fingerprint density at radius 2 is 1.85 bits per heavy atom. The summed E-state index contributed by atoms with van der Waals surface area (Å²) in [7, 11) is -1.80. The molecule has 6 nitrogen and oxygen atoms in total. The quantitative estimate of drug-likeness (QED) is 0.370. The highest BCUT2D eigenvalue weighted by Crippen LogP contribution is 2.42. The largest absolute Gasteiger partial charge is 0.497 e. The Hall–Kier alpha value is -3.49. The Kier molecular flexibility index (Phi) is 4.60. The molecule has 3 heterocycles. The first kappa shape index (κ1) is 20.1. The lowest BCUT2D eigenvalue weighted by Gasteiger charge is -2.13. The van der Waals surface area contributed by atoms with E-state index in [-0.39, 0.29) is 11.7 Å². The first-order valence-electron chi connectivity index (χ1n) is 10.4. The second kappa shape index (κ2) is 7.54. The fraction of sp³-hybridized carbons (Fsp3) is 0.120. The zero-order chi connectivity index (χ0) is 22.6. The highest BCUT2D eigenvalue weighted by atomic mass is 32.2. The van der Waals surface area contributed by atoms with Crippen molar-refractivity contribution in [1.29, 1.82) is 0 Å². The second-order valence-corrected chi connectivity index (χ2v) is 10.9. The molecule has 0 fully saturated rings. The van der Waals surface area contributed by atoms with Gasteiger partial charge in [-0.15, -0.1) is 11.3 Å². The zero-order valence-corrected chi connectivity index (χ0v) is 19.3. The minimum absolute atomic E-state index is 0.0498. The van der Waals surface area contributed by atoms with Gasteiger partial charge in [-0.2, -0.15) is 0 Å². The molecular weight excluding hydrogens is 454 g/mol. The number of nitrogens with zero attached hydrogens (tertiary/aromatic N) is 2. The number of aromatic nitrogens is 2. The molecule has 0 aliphatic carbocycles. The van der Waals surface area contributed by atoms with E-state index in [4.69, 9.17) is 4.74 Å². The maximum Gasteiger partial charge on any atom is 0.179 e. The molecule has 0 bridgehead atoms. The molecule has 0 spiro atoms. The lowest BCUT2D eigenvalue weighted by molar-refractivity contribution is 0.414. The maximum atomic E-state index is 13.1. The highest BCUT2D eigenvalue weighted by Gasteiger charge is 2.36. The number of anilines is 2. The van der Waals surface area contributed by atoms with Crippen LogP contribution in [0, 0.1) is 0 Å². The van der Waals surface area contributed by atoms with E-state index in [2.05, 4.69) is 15.3 Å². The summed E-state index contributed by atoms with van der Waals surface area (Å²) in [4.78, 5) is 9.29. The van der Waals surface area contributed by atoms with Crippen molar-refractivity contribution in [3.63, 3.8) is 0 Å². The van der Waals surface area contributed by atoms with Crippen molar-refractivity contribution in [2.45, 2.75) is 10.8 Å². The average molecular weight is 474 g/mol. The molecule has 0 saturated carbocycles. The molecule has 3 aromatic carbocycles. The third-order valence-electron chi connectivity index (χ3n) is 6.10. The summed E-state index contributed by atoms with van der Waals surface area (Å²) in [5, 5.41) is 4.19. The minimum Gasteiger partial charge on any atom is -0.497 e. The van der Waals surface area contributed by atoms with Gasteiger partial charge in [-0.3, -0.25) is 4.98 Å². The van der Waals surface area contributed by atoms with E-state index < -0.39 is 9.84 Å². The number of methoxy groups -OCH3 is 1. The molecular formula is C25H19N3O3S2. The standard InChI is InChI=1S/C25H19N3O3S2/c1-31-17-5-2-15(3-6-17)20-13-33(29,30)25-12-19-21(8-9-26-22(19)11-18(20)25)28-16-4-7-24-23(10-16)27-14-32-24/h2-12,14,20H,13H2,1H3,(H,26,28). The lowest BCUT2D eigenvalue weighted by atomic mass is 9.92. The summed E-state index contributed by atoms with van der Waals surface area (Å²) >= 11 is 1.60. The van der Waals surface area contributed by atoms with E-state index in [1.807, 2.05) is 60.1 Å². The second-order valence-electron chi connectivity index (χ2n) is 8.03. The van der Waals surface area contributed by atoms with E-state index in [9.17, 15) is 8.42 Å². The third-order valence-corrected chi connectivity index (χ3v) is 8.70. The predicted molar refractivity (Wildman–Crippen MR) is 132 cm³/mol. The molecule has 0 amide bonds. The van der Waals surface area contributed by atoms with Crippen LogP contribution in [0.3, 0.4) is 0 Å². The van der Waals surface area contributed by atoms with Crippen molar-refractivity contribution >= 4 is 53.7 Å². The van der Waals surface area contributed by atoms with Crippen LogP contribution in [0.5, 0.6) is 5.75 Å². The van der Waals surface area contributed by atoms with Gasteiger partial charge in [-0.05, 0) is 59.7 Å². The molecule has 1 atom stereocenters. The average Bonchev–Trinajstić information content (AvgIpc) is 3.40. The van der Waals surface area contributed by atoms with Crippen LogP contribution in [-0.2, 0) is 9.84 Å². The van der Waals surface area contributed by atoms with Gasteiger partial charge >= 0.3 is 0 Å². The molecule has 1 N–H and O–H groups in total. The van der Waals surface area contributed by atoms with Crippen LogP contribution in [0.1, 0.15) is 17.0 Å². The van der Waals surface area contributed by atoms with E-state index in [0.717, 1.165) is 49.4 Å². The van der Waals surface area contributed by atoms with E-state index in [1.165, 1.54) is 0 Å². The number of pyridine rings is 1. The first-order valence-corrected chi connectivity index (χ1v) is 12.9. The maximum absolute atomic E-state index is 13.1. The highest BCUT2D eigenvalue weighted by molar-refractivity contribution is 7.91. The van der Waals surface area contributed by atoms with Gasteiger partial charge in [0.2, 0.25) is 0 Å². The number of benzene rings is 3. The topological polar surface area (TPSA) is 81.2 Å². The summed E-state index contributed by atoms with van der Waals surface area (Å²) in [5.41, 5.74) is 6.94. The van der Waals surface area contributed by atoms with Crippen LogP contribution in [0.2, 0.25) is 0 Å². The number of ether oxygens (including phenoxy) is 1. The number of hydrogen-bond acceptors (Lipinski definition) is 7. The minimum atomic E-state index is -3.42. The molecule has 33 heavy (non-hydrogen) atoms. The number of fused-ring (bicyclic) bond motifs is 3. The summed E-state index contributed by atoms with van der Waals surface area (Å²) in [6.45, 7) is 0. The van der Waals surface area contributed by atoms with Crippen molar-refractivity contribution in [1.82, 2.24) is 9.97 Å². The smallest absolute Gasteiger partial charge is 0.179 e. The van der Waals surface area contributed by atoms with Crippen LogP contribution in [-0.4, -0.2) is 31.2 Å². The van der Waals surface area contributed by atoms with Gasteiger partial charge < -0.3 is 10.1 Å². The molecule has 2 aromatic heterocycles. The normalized spacial score (nSPS) is 16.7. The Morgan fingerprint density at radius 3 is 2.67 bits per heavy atom. The number of sulfone groups is 1. The summed E-state index contributed by atoms with van der Waals surface area (Å²) in [6, 6.07) is 19.1. The summed E-state index contributed by atoms with van der Waals surface area (Å²) in [5.74, 6) is 0.561. The van der Waals surface area contributed by atoms with Gasteiger partial charge in [0.05, 0.1) is 39.0 Å². The Morgan fingerprint density at radius 1 is 1.00 bits per heavy atom. The van der Waals surface area contributed by atoms with E-state index >= 15 is 0 Å². The monoisotopic (exact) mass is 473 g/mol. The number of thiazole rings is 1. The first-order chi connectivity index (χ1) is 16.0. The van der Waals surface area contributed by atoms with Crippen molar-refractivity contribution in [3.05, 3.63) is 83.5 Å². The molecule has 0 radical (unpaired) electrons. The number of hydrogen-bond donors (Lipinski definition) is 1. The van der Waals surface area contributed by atoms with Gasteiger partial charge in [0, 0.05) is 28.9 Å². The van der Waals surface area contributed by atoms with E-state index in [0.29, 0.717) is 4.90 Å². The van der Waals surface area contributed by atoms with Crippen molar-refractivity contribution in [3.8, 4) is 5.75 Å². The molecule has 0 saturated heterocycles. The Balaban J connectivity index is 1.45. The fourth-order valence-corrected chi connectivity index (χ4v) is 6.95. The van der Waals surface area contributed by atoms with Gasteiger partial charge in [-0.1, -0.05) is 12.1 Å². The zero-order valence-electron chi connectivity index (χ0n) is 17.6. The van der Waals surface area contributed by atoms with Crippen molar-refractivity contribution < 1.29 is 13.2 Å². The Bertz CT molecular complexity index is 1630. The molecule has 1 aliphatic heterocycles. The molecule has 164 valence electrons.